The molecule has 1 aromatic rings. The number of ether oxygens (including phenoxy) is 1. The predicted molar refractivity (Wildman–Crippen MR) is 76.7 cm³/mol. The van der Waals surface area contributed by atoms with E-state index >= 15 is 0 Å². The van der Waals surface area contributed by atoms with Crippen molar-refractivity contribution in [2.45, 2.75) is 25.4 Å². The van der Waals surface area contributed by atoms with Gasteiger partial charge >= 0.3 is 0 Å². The van der Waals surface area contributed by atoms with Gasteiger partial charge in [-0.2, -0.15) is 0 Å². The predicted octanol–water partition coefficient (Wildman–Crippen LogP) is 1.96. The molecule has 0 aromatic heterocycles. The van der Waals surface area contributed by atoms with Crippen molar-refractivity contribution in [3.63, 3.8) is 0 Å². The van der Waals surface area contributed by atoms with Crippen LogP contribution in [0.3, 0.4) is 0 Å². The lowest BCUT2D eigenvalue weighted by molar-refractivity contribution is -0.127. The monoisotopic (exact) mass is 296 g/mol. The maximum Gasteiger partial charge on any atom is 0.233 e. The Hall–Kier alpha value is -1.59. The first-order valence-electron chi connectivity index (χ1n) is 6.58. The third-order valence-electron chi connectivity index (χ3n) is 3.02. The normalized spacial score (nSPS) is 17.8. The molecule has 1 aliphatic rings. The van der Waals surface area contributed by atoms with Gasteiger partial charge in [0.1, 0.15) is 6.42 Å². The lowest BCUT2D eigenvalue weighted by atomic mass is 10.2. The third-order valence-corrected chi connectivity index (χ3v) is 3.35. The first-order chi connectivity index (χ1) is 9.65. The summed E-state index contributed by atoms with van der Waals surface area (Å²) in [7, 11) is 0. The minimum atomic E-state index is -0.386. The van der Waals surface area contributed by atoms with E-state index in [1.54, 1.807) is 24.3 Å². The minimum absolute atomic E-state index is 0.0746. The molecule has 1 aliphatic heterocycles. The highest BCUT2D eigenvalue weighted by Gasteiger charge is 2.17. The Bertz CT molecular complexity index is 487. The summed E-state index contributed by atoms with van der Waals surface area (Å²) >= 11 is 5.92. The van der Waals surface area contributed by atoms with E-state index < -0.39 is 0 Å². The van der Waals surface area contributed by atoms with Crippen LogP contribution in [0.4, 0.5) is 5.69 Å². The average Bonchev–Trinajstić information content (AvgIpc) is 2.92. The van der Waals surface area contributed by atoms with Crippen LogP contribution in [0.25, 0.3) is 0 Å². The number of amides is 2. The van der Waals surface area contributed by atoms with Crippen LogP contribution in [0.15, 0.2) is 24.3 Å². The molecule has 0 spiro atoms. The zero-order valence-corrected chi connectivity index (χ0v) is 11.8. The van der Waals surface area contributed by atoms with Crippen LogP contribution in [0.5, 0.6) is 0 Å². The SMILES string of the molecule is O=C(CC(=O)Nc1ccccc1Cl)NCC1CCCO1. The molecular weight excluding hydrogens is 280 g/mol. The highest BCUT2D eigenvalue weighted by atomic mass is 35.5. The van der Waals surface area contributed by atoms with Crippen LogP contribution in [0.1, 0.15) is 19.3 Å². The second-order valence-electron chi connectivity index (χ2n) is 4.64. The van der Waals surface area contributed by atoms with Gasteiger partial charge in [-0.05, 0) is 25.0 Å². The summed E-state index contributed by atoms with van der Waals surface area (Å²) < 4.78 is 5.39. The fourth-order valence-corrected chi connectivity index (χ4v) is 2.18. The summed E-state index contributed by atoms with van der Waals surface area (Å²) in [5.74, 6) is -0.701. The zero-order chi connectivity index (χ0) is 14.4. The van der Waals surface area contributed by atoms with E-state index in [1.807, 2.05) is 0 Å². The van der Waals surface area contributed by atoms with E-state index in [9.17, 15) is 9.59 Å². The van der Waals surface area contributed by atoms with Crippen molar-refractivity contribution in [1.29, 1.82) is 0 Å². The largest absolute Gasteiger partial charge is 0.376 e. The molecule has 1 aromatic carbocycles. The van der Waals surface area contributed by atoms with E-state index in [1.165, 1.54) is 0 Å². The number of benzene rings is 1. The molecular formula is C14H17ClN2O3. The first kappa shape index (κ1) is 14.8. The summed E-state index contributed by atoms with van der Waals surface area (Å²) in [4.78, 5) is 23.3. The van der Waals surface area contributed by atoms with Crippen LogP contribution in [-0.2, 0) is 14.3 Å². The number of nitrogens with one attached hydrogen (secondary N) is 2. The highest BCUT2D eigenvalue weighted by molar-refractivity contribution is 6.33. The second-order valence-corrected chi connectivity index (χ2v) is 5.05. The summed E-state index contributed by atoms with van der Waals surface area (Å²) in [6.07, 6.45) is 1.82. The average molecular weight is 297 g/mol. The number of hydrogen-bond donors (Lipinski definition) is 2. The van der Waals surface area contributed by atoms with Crippen molar-refractivity contribution in [3.8, 4) is 0 Å². The number of carbonyl (C=O) groups excluding carboxylic acids is 2. The lowest BCUT2D eigenvalue weighted by Gasteiger charge is -2.11. The summed E-state index contributed by atoms with van der Waals surface area (Å²) in [5.41, 5.74) is 0.506. The Balaban J connectivity index is 1.73. The minimum Gasteiger partial charge on any atom is -0.376 e. The topological polar surface area (TPSA) is 67.4 Å². The molecule has 2 rings (SSSR count). The molecule has 5 nitrogen and oxygen atoms in total. The molecule has 1 unspecified atom stereocenters. The fourth-order valence-electron chi connectivity index (χ4n) is 2.00. The number of anilines is 1. The fraction of sp³-hybridized carbons (Fsp3) is 0.429. The Morgan fingerprint density at radius 2 is 2.10 bits per heavy atom. The maximum atomic E-state index is 11.7. The van der Waals surface area contributed by atoms with E-state index in [-0.39, 0.29) is 24.3 Å². The van der Waals surface area contributed by atoms with Crippen LogP contribution >= 0.6 is 11.6 Å². The highest BCUT2D eigenvalue weighted by Crippen LogP contribution is 2.20. The molecule has 0 radical (unpaired) electrons. The van der Waals surface area contributed by atoms with E-state index in [4.69, 9.17) is 16.3 Å². The molecule has 0 bridgehead atoms. The Morgan fingerprint density at radius 3 is 2.80 bits per heavy atom. The van der Waals surface area contributed by atoms with Crippen molar-refractivity contribution < 1.29 is 14.3 Å². The quantitative estimate of drug-likeness (QED) is 0.816. The van der Waals surface area contributed by atoms with Gasteiger partial charge in [0.15, 0.2) is 0 Å². The van der Waals surface area contributed by atoms with Crippen molar-refractivity contribution in [2.75, 3.05) is 18.5 Å². The molecule has 1 atom stereocenters. The lowest BCUT2D eigenvalue weighted by Crippen LogP contribution is -2.34. The molecule has 6 heteroatoms. The summed E-state index contributed by atoms with van der Waals surface area (Å²) in [6, 6.07) is 6.89. The van der Waals surface area contributed by atoms with Crippen LogP contribution in [0.2, 0.25) is 5.02 Å². The van der Waals surface area contributed by atoms with Gasteiger partial charge < -0.3 is 15.4 Å². The molecule has 0 saturated carbocycles. The van der Waals surface area contributed by atoms with E-state index in [2.05, 4.69) is 10.6 Å². The number of hydrogen-bond acceptors (Lipinski definition) is 3. The Kier molecular flexibility index (Phi) is 5.38. The van der Waals surface area contributed by atoms with Gasteiger partial charge in [0.25, 0.3) is 0 Å². The molecule has 1 heterocycles. The Morgan fingerprint density at radius 1 is 1.30 bits per heavy atom. The molecule has 20 heavy (non-hydrogen) atoms. The van der Waals surface area contributed by atoms with E-state index in [0.29, 0.717) is 17.3 Å². The van der Waals surface area contributed by atoms with Gasteiger partial charge in [-0.3, -0.25) is 9.59 Å². The molecule has 2 N–H and O–H groups in total. The summed E-state index contributed by atoms with van der Waals surface area (Å²) in [5, 5.41) is 5.75. The number of para-hydroxylation sites is 1. The number of carbonyl (C=O) groups is 2. The van der Waals surface area contributed by atoms with Crippen molar-refractivity contribution in [3.05, 3.63) is 29.3 Å². The van der Waals surface area contributed by atoms with Crippen LogP contribution in [-0.4, -0.2) is 31.1 Å². The van der Waals surface area contributed by atoms with Gasteiger partial charge in [-0.15, -0.1) is 0 Å². The van der Waals surface area contributed by atoms with E-state index in [0.717, 1.165) is 19.4 Å². The standard InChI is InChI=1S/C14H17ClN2O3/c15-11-5-1-2-6-12(11)17-14(19)8-13(18)16-9-10-4-3-7-20-10/h1-2,5-6,10H,3-4,7-9H2,(H,16,18)(H,17,19). The van der Waals surface area contributed by atoms with Crippen molar-refractivity contribution >= 4 is 29.1 Å². The van der Waals surface area contributed by atoms with Crippen molar-refractivity contribution in [1.82, 2.24) is 5.32 Å². The molecule has 0 aliphatic carbocycles. The van der Waals surface area contributed by atoms with Gasteiger partial charge in [-0.25, -0.2) is 0 Å². The maximum absolute atomic E-state index is 11.7. The molecule has 108 valence electrons. The number of halogens is 1. The van der Waals surface area contributed by atoms with Gasteiger partial charge in [-0.1, -0.05) is 23.7 Å². The third kappa shape index (κ3) is 4.51. The Labute approximate surface area is 122 Å². The number of rotatable bonds is 5. The van der Waals surface area contributed by atoms with Crippen LogP contribution < -0.4 is 10.6 Å². The van der Waals surface area contributed by atoms with Crippen molar-refractivity contribution in [2.24, 2.45) is 0 Å². The smallest absolute Gasteiger partial charge is 0.233 e. The van der Waals surface area contributed by atoms with Crippen LogP contribution in [0, 0.1) is 0 Å². The second kappa shape index (κ2) is 7.26. The molecule has 1 fully saturated rings. The van der Waals surface area contributed by atoms with Gasteiger partial charge in [0.05, 0.1) is 16.8 Å². The summed E-state index contributed by atoms with van der Waals surface area (Å²) in [6.45, 7) is 1.20. The zero-order valence-electron chi connectivity index (χ0n) is 11.0. The van der Waals surface area contributed by atoms with Gasteiger partial charge in [0.2, 0.25) is 11.8 Å². The first-order valence-corrected chi connectivity index (χ1v) is 6.95. The molecule has 1 saturated heterocycles. The van der Waals surface area contributed by atoms with Gasteiger partial charge in [0, 0.05) is 13.2 Å². The molecule has 2 amide bonds.